The number of aromatic amines is 1. The normalized spacial score (nSPS) is 12.6. The molecule has 27 heavy (non-hydrogen) atoms. The smallest absolute Gasteiger partial charge is 0.405 e. The van der Waals surface area contributed by atoms with Gasteiger partial charge in [-0.3, -0.25) is 4.98 Å². The van der Waals surface area contributed by atoms with E-state index in [0.717, 1.165) is 22.5 Å². The number of pyridine rings is 1. The lowest BCUT2D eigenvalue weighted by atomic mass is 10.0. The average molecular weight is 366 g/mol. The highest BCUT2D eigenvalue weighted by Crippen LogP contribution is 2.37. The van der Waals surface area contributed by atoms with Crippen LogP contribution in [-0.2, 0) is 6.54 Å². The zero-order valence-corrected chi connectivity index (χ0v) is 14.7. The number of aromatic nitrogens is 3. The van der Waals surface area contributed by atoms with Crippen LogP contribution in [0, 0.1) is 6.92 Å². The molecule has 1 amide bonds. The standard InChI is InChI=1S/C19H18N4O4/c1-11-8-13(4-5-20-11)18-17(22-16(23-18)10-21-19(24)25)12-2-3-14-15(9-12)27-7-6-26-14/h2-5,8-9,21H,6-7,10H2,1H3,(H,22,23)(H,24,25). The number of imidazole rings is 1. The number of carboxylic acid groups (broad SMARTS) is 1. The number of nitrogens with zero attached hydrogens (tertiary/aromatic N) is 2. The number of ether oxygens (including phenoxy) is 2. The topological polar surface area (TPSA) is 109 Å². The highest BCUT2D eigenvalue weighted by Gasteiger charge is 2.18. The van der Waals surface area contributed by atoms with E-state index in [-0.39, 0.29) is 6.54 Å². The number of aryl methyl sites for hydroxylation is 1. The summed E-state index contributed by atoms with van der Waals surface area (Å²) in [7, 11) is 0. The fraction of sp³-hybridized carbons (Fsp3) is 0.211. The molecular weight excluding hydrogens is 348 g/mol. The molecule has 0 aliphatic carbocycles. The quantitative estimate of drug-likeness (QED) is 0.655. The van der Waals surface area contributed by atoms with Crippen LogP contribution < -0.4 is 14.8 Å². The maximum Gasteiger partial charge on any atom is 0.405 e. The van der Waals surface area contributed by atoms with Crippen LogP contribution >= 0.6 is 0 Å². The van der Waals surface area contributed by atoms with Crippen LogP contribution in [0.2, 0.25) is 0 Å². The summed E-state index contributed by atoms with van der Waals surface area (Å²) in [6, 6.07) is 9.49. The van der Waals surface area contributed by atoms with E-state index in [2.05, 4.69) is 20.3 Å². The van der Waals surface area contributed by atoms with Crippen LogP contribution in [0.1, 0.15) is 11.5 Å². The Morgan fingerprint density at radius 2 is 2.00 bits per heavy atom. The Kier molecular flexibility index (Phi) is 4.37. The summed E-state index contributed by atoms with van der Waals surface area (Å²) >= 11 is 0. The Morgan fingerprint density at radius 1 is 1.19 bits per heavy atom. The molecule has 0 saturated carbocycles. The summed E-state index contributed by atoms with van der Waals surface area (Å²) in [6.07, 6.45) is 0.627. The van der Waals surface area contributed by atoms with Crippen LogP contribution in [0.5, 0.6) is 11.5 Å². The largest absolute Gasteiger partial charge is 0.486 e. The van der Waals surface area contributed by atoms with Crippen LogP contribution in [0.4, 0.5) is 4.79 Å². The van der Waals surface area contributed by atoms with Crippen LogP contribution in [0.15, 0.2) is 36.5 Å². The van der Waals surface area contributed by atoms with E-state index in [0.29, 0.717) is 36.2 Å². The van der Waals surface area contributed by atoms with Gasteiger partial charge in [0.15, 0.2) is 11.5 Å². The molecule has 0 fully saturated rings. The van der Waals surface area contributed by atoms with Crippen molar-refractivity contribution in [3.63, 3.8) is 0 Å². The van der Waals surface area contributed by atoms with E-state index in [4.69, 9.17) is 14.6 Å². The van der Waals surface area contributed by atoms with Gasteiger partial charge in [-0.2, -0.15) is 0 Å². The molecule has 8 nitrogen and oxygen atoms in total. The molecule has 3 heterocycles. The lowest BCUT2D eigenvalue weighted by molar-refractivity contribution is 0.171. The SMILES string of the molecule is Cc1cc(-c2[nH]c(CNC(=O)O)nc2-c2ccc3c(c2)OCCO3)ccn1. The molecule has 3 N–H and O–H groups in total. The van der Waals surface area contributed by atoms with Gasteiger partial charge in [0.1, 0.15) is 19.0 Å². The predicted octanol–water partition coefficient (Wildman–Crippen LogP) is 2.99. The van der Waals surface area contributed by atoms with Crippen molar-refractivity contribution >= 4 is 6.09 Å². The van der Waals surface area contributed by atoms with Gasteiger partial charge < -0.3 is 24.9 Å². The van der Waals surface area contributed by atoms with E-state index in [1.807, 2.05) is 37.3 Å². The van der Waals surface area contributed by atoms with Crippen molar-refractivity contribution < 1.29 is 19.4 Å². The summed E-state index contributed by atoms with van der Waals surface area (Å²) in [4.78, 5) is 22.9. The summed E-state index contributed by atoms with van der Waals surface area (Å²) in [5.41, 5.74) is 4.14. The molecule has 8 heteroatoms. The number of rotatable bonds is 4. The van der Waals surface area contributed by atoms with Crippen molar-refractivity contribution in [3.05, 3.63) is 48.0 Å². The first-order chi connectivity index (χ1) is 13.1. The second-order valence-electron chi connectivity index (χ2n) is 6.11. The Hall–Kier alpha value is -3.55. The van der Waals surface area contributed by atoms with Gasteiger partial charge in [-0.1, -0.05) is 0 Å². The number of carbonyl (C=O) groups is 1. The van der Waals surface area contributed by atoms with Gasteiger partial charge in [0.2, 0.25) is 0 Å². The first-order valence-corrected chi connectivity index (χ1v) is 8.49. The van der Waals surface area contributed by atoms with Gasteiger partial charge in [0, 0.05) is 23.0 Å². The van der Waals surface area contributed by atoms with Gasteiger partial charge in [0.05, 0.1) is 17.9 Å². The number of hydrogen-bond donors (Lipinski definition) is 3. The first kappa shape index (κ1) is 16.9. The van der Waals surface area contributed by atoms with Gasteiger partial charge >= 0.3 is 6.09 Å². The molecule has 1 aliphatic rings. The summed E-state index contributed by atoms with van der Waals surface area (Å²) in [5.74, 6) is 1.89. The third-order valence-corrected chi connectivity index (χ3v) is 4.16. The molecule has 138 valence electrons. The number of H-pyrrole nitrogens is 1. The Morgan fingerprint density at radius 3 is 2.78 bits per heavy atom. The average Bonchev–Trinajstić information content (AvgIpc) is 3.10. The second kappa shape index (κ2) is 6.99. The summed E-state index contributed by atoms with van der Waals surface area (Å²) in [6.45, 7) is 3.02. The fourth-order valence-electron chi connectivity index (χ4n) is 2.97. The van der Waals surface area contributed by atoms with Crippen molar-refractivity contribution in [3.8, 4) is 34.0 Å². The number of benzene rings is 1. The Bertz CT molecular complexity index is 999. The van der Waals surface area contributed by atoms with Crippen molar-refractivity contribution in [1.82, 2.24) is 20.3 Å². The van der Waals surface area contributed by atoms with E-state index >= 15 is 0 Å². The predicted molar refractivity (Wildman–Crippen MR) is 97.8 cm³/mol. The maximum absolute atomic E-state index is 10.8. The maximum atomic E-state index is 10.8. The summed E-state index contributed by atoms with van der Waals surface area (Å²) in [5, 5.41) is 11.2. The highest BCUT2D eigenvalue weighted by atomic mass is 16.6. The molecule has 0 unspecified atom stereocenters. The van der Waals surface area contributed by atoms with Crippen LogP contribution in [0.25, 0.3) is 22.5 Å². The molecule has 0 spiro atoms. The molecular formula is C19H18N4O4. The molecule has 1 aromatic carbocycles. The first-order valence-electron chi connectivity index (χ1n) is 8.49. The van der Waals surface area contributed by atoms with Gasteiger partial charge in [-0.15, -0.1) is 0 Å². The zero-order chi connectivity index (χ0) is 18.8. The van der Waals surface area contributed by atoms with Crippen LogP contribution in [-0.4, -0.2) is 39.4 Å². The molecule has 2 aromatic heterocycles. The van der Waals surface area contributed by atoms with Gasteiger partial charge in [-0.25, -0.2) is 9.78 Å². The van der Waals surface area contributed by atoms with Gasteiger partial charge in [0.25, 0.3) is 0 Å². The van der Waals surface area contributed by atoms with E-state index in [9.17, 15) is 4.79 Å². The number of nitrogens with one attached hydrogen (secondary N) is 2. The van der Waals surface area contributed by atoms with E-state index in [1.54, 1.807) is 6.20 Å². The monoisotopic (exact) mass is 366 g/mol. The third-order valence-electron chi connectivity index (χ3n) is 4.16. The van der Waals surface area contributed by atoms with Crippen molar-refractivity contribution in [2.45, 2.75) is 13.5 Å². The van der Waals surface area contributed by atoms with Crippen LogP contribution in [0.3, 0.4) is 0 Å². The summed E-state index contributed by atoms with van der Waals surface area (Å²) < 4.78 is 11.3. The second-order valence-corrected chi connectivity index (χ2v) is 6.11. The molecule has 0 saturated heterocycles. The number of amides is 1. The molecule has 3 aromatic rings. The Balaban J connectivity index is 1.79. The molecule has 1 aliphatic heterocycles. The number of hydrogen-bond acceptors (Lipinski definition) is 5. The van der Waals surface area contributed by atoms with Crippen molar-refractivity contribution in [2.24, 2.45) is 0 Å². The number of fused-ring (bicyclic) bond motifs is 1. The Labute approximate surface area is 155 Å². The van der Waals surface area contributed by atoms with Crippen molar-refractivity contribution in [1.29, 1.82) is 0 Å². The lowest BCUT2D eigenvalue weighted by Gasteiger charge is -2.18. The molecule has 0 radical (unpaired) electrons. The highest BCUT2D eigenvalue weighted by molar-refractivity contribution is 5.79. The molecule has 0 atom stereocenters. The minimum atomic E-state index is -1.10. The zero-order valence-electron chi connectivity index (χ0n) is 14.7. The third kappa shape index (κ3) is 3.55. The van der Waals surface area contributed by atoms with E-state index < -0.39 is 6.09 Å². The van der Waals surface area contributed by atoms with E-state index in [1.165, 1.54) is 0 Å². The minimum Gasteiger partial charge on any atom is -0.486 e. The molecule has 0 bridgehead atoms. The lowest BCUT2D eigenvalue weighted by Crippen LogP contribution is -2.20. The van der Waals surface area contributed by atoms with Gasteiger partial charge in [-0.05, 0) is 37.3 Å². The fourth-order valence-corrected chi connectivity index (χ4v) is 2.97. The van der Waals surface area contributed by atoms with Crippen molar-refractivity contribution in [2.75, 3.05) is 13.2 Å². The minimum absolute atomic E-state index is 0.0803. The molecule has 4 rings (SSSR count).